The van der Waals surface area contributed by atoms with Gasteiger partial charge in [0.2, 0.25) is 0 Å². The molecule has 0 bridgehead atoms. The summed E-state index contributed by atoms with van der Waals surface area (Å²) in [5, 5.41) is 10.1. The predicted octanol–water partition coefficient (Wildman–Crippen LogP) is 4.20. The fourth-order valence-corrected chi connectivity index (χ4v) is 3.25. The minimum Gasteiger partial charge on any atom is -0.388 e. The average Bonchev–Trinajstić information content (AvgIpc) is 2.74. The second-order valence-corrected chi connectivity index (χ2v) is 6.32. The standard InChI is InChI=1S/C16H17BrFNO/c17-13-5-6-15(18)12(7-13)9-19-8-11-3-1-2-4-16(20)14(11)10-19/h5-8,10,16,20H,1-4,9H2. The number of benzene rings is 1. The van der Waals surface area contributed by atoms with Crippen molar-refractivity contribution in [2.45, 2.75) is 38.3 Å². The summed E-state index contributed by atoms with van der Waals surface area (Å²) in [6.07, 6.45) is 7.63. The number of aromatic nitrogens is 1. The number of aliphatic hydroxyl groups is 1. The molecule has 20 heavy (non-hydrogen) atoms. The van der Waals surface area contributed by atoms with Crippen LogP contribution in [0.15, 0.2) is 35.1 Å². The van der Waals surface area contributed by atoms with Gasteiger partial charge in [0, 0.05) is 34.5 Å². The van der Waals surface area contributed by atoms with E-state index in [1.165, 1.54) is 11.6 Å². The minimum atomic E-state index is -0.374. The molecular weight excluding hydrogens is 321 g/mol. The summed E-state index contributed by atoms with van der Waals surface area (Å²) >= 11 is 3.37. The van der Waals surface area contributed by atoms with Gasteiger partial charge in [-0.05, 0) is 43.0 Å². The number of fused-ring (bicyclic) bond motifs is 1. The third kappa shape index (κ3) is 2.81. The fourth-order valence-electron chi connectivity index (χ4n) is 2.84. The molecule has 2 aromatic rings. The summed E-state index contributed by atoms with van der Waals surface area (Å²) in [7, 11) is 0. The van der Waals surface area contributed by atoms with Crippen LogP contribution in [0.5, 0.6) is 0 Å². The van der Waals surface area contributed by atoms with E-state index in [-0.39, 0.29) is 11.9 Å². The minimum absolute atomic E-state index is 0.197. The first-order valence-electron chi connectivity index (χ1n) is 6.94. The molecule has 106 valence electrons. The normalized spacial score (nSPS) is 18.6. The molecule has 3 rings (SSSR count). The summed E-state index contributed by atoms with van der Waals surface area (Å²) in [6, 6.07) is 4.98. The molecule has 1 aliphatic carbocycles. The van der Waals surface area contributed by atoms with Crippen LogP contribution >= 0.6 is 15.9 Å². The van der Waals surface area contributed by atoms with E-state index in [0.717, 1.165) is 35.7 Å². The first kappa shape index (κ1) is 13.8. The van der Waals surface area contributed by atoms with Crippen molar-refractivity contribution in [3.05, 3.63) is 57.6 Å². The molecule has 0 spiro atoms. The lowest BCUT2D eigenvalue weighted by molar-refractivity contribution is 0.166. The third-order valence-corrected chi connectivity index (χ3v) is 4.38. The van der Waals surface area contributed by atoms with Gasteiger partial charge in [-0.2, -0.15) is 0 Å². The first-order valence-corrected chi connectivity index (χ1v) is 7.73. The van der Waals surface area contributed by atoms with E-state index in [1.54, 1.807) is 12.1 Å². The number of rotatable bonds is 2. The Hall–Kier alpha value is -1.13. The van der Waals surface area contributed by atoms with E-state index in [9.17, 15) is 9.50 Å². The van der Waals surface area contributed by atoms with Crippen LogP contribution in [0.4, 0.5) is 4.39 Å². The lowest BCUT2D eigenvalue weighted by Crippen LogP contribution is -2.00. The average molecular weight is 338 g/mol. The van der Waals surface area contributed by atoms with Gasteiger partial charge in [0.05, 0.1) is 6.10 Å². The summed E-state index contributed by atoms with van der Waals surface area (Å²) < 4.78 is 16.7. The van der Waals surface area contributed by atoms with Crippen LogP contribution in [-0.2, 0) is 13.0 Å². The summed E-state index contributed by atoms with van der Waals surface area (Å²) in [5.41, 5.74) is 2.86. The van der Waals surface area contributed by atoms with Crippen LogP contribution in [0.1, 0.15) is 42.1 Å². The van der Waals surface area contributed by atoms with Crippen molar-refractivity contribution in [3.63, 3.8) is 0 Å². The highest BCUT2D eigenvalue weighted by molar-refractivity contribution is 9.10. The van der Waals surface area contributed by atoms with Crippen molar-refractivity contribution in [2.24, 2.45) is 0 Å². The van der Waals surface area contributed by atoms with Gasteiger partial charge in [0.1, 0.15) is 5.82 Å². The molecular formula is C16H17BrFNO. The molecule has 0 fully saturated rings. The molecule has 1 aliphatic rings. The highest BCUT2D eigenvalue weighted by atomic mass is 79.9. The molecule has 1 aromatic carbocycles. The van der Waals surface area contributed by atoms with Crippen LogP contribution in [0.25, 0.3) is 0 Å². The summed E-state index contributed by atoms with van der Waals surface area (Å²) in [4.78, 5) is 0. The van der Waals surface area contributed by atoms with Crippen molar-refractivity contribution < 1.29 is 9.50 Å². The van der Waals surface area contributed by atoms with Crippen LogP contribution < -0.4 is 0 Å². The molecule has 1 atom stereocenters. The van der Waals surface area contributed by atoms with Gasteiger partial charge in [-0.3, -0.25) is 0 Å². The second-order valence-electron chi connectivity index (χ2n) is 5.41. The Balaban J connectivity index is 1.88. The van der Waals surface area contributed by atoms with Gasteiger partial charge in [0.25, 0.3) is 0 Å². The Labute approximate surface area is 126 Å². The lowest BCUT2D eigenvalue weighted by atomic mass is 10.1. The van der Waals surface area contributed by atoms with Crippen LogP contribution in [0.3, 0.4) is 0 Å². The Kier molecular flexibility index (Phi) is 3.94. The Morgan fingerprint density at radius 1 is 1.30 bits per heavy atom. The zero-order chi connectivity index (χ0) is 14.1. The molecule has 0 saturated heterocycles. The highest BCUT2D eigenvalue weighted by Crippen LogP contribution is 2.29. The van der Waals surface area contributed by atoms with Gasteiger partial charge in [-0.1, -0.05) is 22.4 Å². The fraction of sp³-hybridized carbons (Fsp3) is 0.375. The van der Waals surface area contributed by atoms with Gasteiger partial charge in [0.15, 0.2) is 0 Å². The molecule has 1 N–H and O–H groups in total. The highest BCUT2D eigenvalue weighted by Gasteiger charge is 2.18. The van der Waals surface area contributed by atoms with Gasteiger partial charge in [-0.15, -0.1) is 0 Å². The van der Waals surface area contributed by atoms with E-state index in [2.05, 4.69) is 15.9 Å². The molecule has 1 heterocycles. The van der Waals surface area contributed by atoms with E-state index < -0.39 is 0 Å². The largest absolute Gasteiger partial charge is 0.388 e. The number of halogens is 2. The van der Waals surface area contributed by atoms with Crippen molar-refractivity contribution in [3.8, 4) is 0 Å². The van der Waals surface area contributed by atoms with E-state index >= 15 is 0 Å². The molecule has 2 nitrogen and oxygen atoms in total. The molecule has 1 aromatic heterocycles. The molecule has 0 radical (unpaired) electrons. The summed E-state index contributed by atoms with van der Waals surface area (Å²) in [6.45, 7) is 0.491. The second kappa shape index (κ2) is 5.70. The van der Waals surface area contributed by atoms with Crippen molar-refractivity contribution in [1.29, 1.82) is 0 Å². The van der Waals surface area contributed by atoms with E-state index in [4.69, 9.17) is 0 Å². The Morgan fingerprint density at radius 2 is 2.15 bits per heavy atom. The van der Waals surface area contributed by atoms with Crippen LogP contribution in [-0.4, -0.2) is 9.67 Å². The molecule has 0 aliphatic heterocycles. The zero-order valence-electron chi connectivity index (χ0n) is 11.1. The quantitative estimate of drug-likeness (QED) is 0.816. The Bertz CT molecular complexity index is 623. The van der Waals surface area contributed by atoms with Gasteiger partial charge < -0.3 is 9.67 Å². The van der Waals surface area contributed by atoms with Crippen LogP contribution in [0, 0.1) is 5.82 Å². The SMILES string of the molecule is OC1CCCCc2cn(Cc3cc(Br)ccc3F)cc21. The van der Waals surface area contributed by atoms with E-state index in [0.29, 0.717) is 12.1 Å². The number of aryl methyl sites for hydroxylation is 1. The summed E-state index contributed by atoms with van der Waals surface area (Å²) in [5.74, 6) is -0.197. The maximum absolute atomic E-state index is 13.8. The molecule has 1 unspecified atom stereocenters. The number of hydrogen-bond acceptors (Lipinski definition) is 1. The number of hydrogen-bond donors (Lipinski definition) is 1. The first-order chi connectivity index (χ1) is 9.63. The van der Waals surface area contributed by atoms with Crippen molar-refractivity contribution >= 4 is 15.9 Å². The van der Waals surface area contributed by atoms with Crippen LogP contribution in [0.2, 0.25) is 0 Å². The maximum Gasteiger partial charge on any atom is 0.128 e. The zero-order valence-corrected chi connectivity index (χ0v) is 12.7. The predicted molar refractivity (Wildman–Crippen MR) is 80.1 cm³/mol. The molecule has 0 amide bonds. The number of aliphatic hydroxyl groups excluding tert-OH is 1. The third-order valence-electron chi connectivity index (χ3n) is 3.89. The van der Waals surface area contributed by atoms with Crippen molar-refractivity contribution in [2.75, 3.05) is 0 Å². The topological polar surface area (TPSA) is 25.2 Å². The lowest BCUT2D eigenvalue weighted by Gasteiger charge is -2.07. The van der Waals surface area contributed by atoms with Gasteiger partial charge >= 0.3 is 0 Å². The maximum atomic E-state index is 13.8. The molecule has 4 heteroatoms. The Morgan fingerprint density at radius 3 is 3.00 bits per heavy atom. The van der Waals surface area contributed by atoms with E-state index in [1.807, 2.05) is 17.0 Å². The van der Waals surface area contributed by atoms with Gasteiger partial charge in [-0.25, -0.2) is 4.39 Å². The monoisotopic (exact) mass is 337 g/mol. The molecule has 0 saturated carbocycles. The van der Waals surface area contributed by atoms with Crippen molar-refractivity contribution in [1.82, 2.24) is 4.57 Å². The smallest absolute Gasteiger partial charge is 0.128 e. The number of nitrogens with zero attached hydrogens (tertiary/aromatic N) is 1.